The van der Waals surface area contributed by atoms with E-state index in [2.05, 4.69) is 33.6 Å². The minimum absolute atomic E-state index is 0. The van der Waals surface area contributed by atoms with Crippen LogP contribution in [0.25, 0.3) is 0 Å². The molecule has 42 heavy (non-hydrogen) atoms. The van der Waals surface area contributed by atoms with Crippen molar-refractivity contribution in [3.05, 3.63) is 84.4 Å². The Morgan fingerprint density at radius 2 is 0.810 bits per heavy atom. The number of anilines is 2. The van der Waals surface area contributed by atoms with Crippen molar-refractivity contribution in [2.75, 3.05) is 10.6 Å². The molecule has 0 aliphatic carbocycles. The number of benzene rings is 1. The van der Waals surface area contributed by atoms with Crippen LogP contribution in [0.15, 0.2) is 73.3 Å². The first kappa shape index (κ1) is 37.4. The third-order valence-electron chi connectivity index (χ3n) is 7.25. The van der Waals surface area contributed by atoms with Gasteiger partial charge in [-0.05, 0) is 37.1 Å². The van der Waals surface area contributed by atoms with E-state index in [1.54, 1.807) is 24.3 Å². The number of aryl methyl sites for hydroxylation is 2. The summed E-state index contributed by atoms with van der Waals surface area (Å²) in [5.74, 6) is -0.391. The van der Waals surface area contributed by atoms with E-state index in [9.17, 15) is 9.59 Å². The van der Waals surface area contributed by atoms with Crippen molar-refractivity contribution in [3.8, 4) is 0 Å². The number of unbranched alkanes of at least 4 members (excludes halogenated alkanes) is 10. The topological polar surface area (TPSA) is 66.0 Å². The molecule has 0 bridgehead atoms. The maximum absolute atomic E-state index is 12.7. The first-order valence-corrected chi connectivity index (χ1v) is 15.3. The van der Waals surface area contributed by atoms with E-state index in [1.807, 2.05) is 49.1 Å². The summed E-state index contributed by atoms with van der Waals surface area (Å²) in [6, 6.07) is 14.4. The van der Waals surface area contributed by atoms with E-state index in [0.29, 0.717) is 11.1 Å². The van der Waals surface area contributed by atoms with Crippen LogP contribution in [0.5, 0.6) is 0 Å². The lowest BCUT2D eigenvalue weighted by molar-refractivity contribution is -0.697. The van der Waals surface area contributed by atoms with Gasteiger partial charge in [0.25, 0.3) is 11.8 Å². The van der Waals surface area contributed by atoms with Crippen molar-refractivity contribution in [1.82, 2.24) is 0 Å². The third kappa shape index (κ3) is 14.1. The van der Waals surface area contributed by atoms with Crippen molar-refractivity contribution >= 4 is 23.2 Å². The van der Waals surface area contributed by atoms with Crippen molar-refractivity contribution in [1.29, 1.82) is 0 Å². The number of amides is 2. The highest BCUT2D eigenvalue weighted by Gasteiger charge is 2.11. The van der Waals surface area contributed by atoms with Crippen LogP contribution in [0.3, 0.4) is 0 Å². The molecule has 0 aliphatic heterocycles. The maximum Gasteiger partial charge on any atom is 0.255 e. The number of halogens is 2. The summed E-state index contributed by atoms with van der Waals surface area (Å²) < 4.78 is 4.31. The molecule has 6 nitrogen and oxygen atoms in total. The molecule has 0 atom stereocenters. The molecule has 8 heteroatoms. The van der Waals surface area contributed by atoms with Gasteiger partial charge in [-0.1, -0.05) is 65.2 Å². The standard InChI is InChI=1S/C34H46N4O2.2BrH/c1-3-5-7-9-11-13-23-37-25-19-31(20-26-37)35-33(39)29-15-17-30(18-16-29)34(40)36-32-21-27-38(28-22-32)24-14-12-10-8-6-4-2;;/h15-22,25-28H,3-14,23-24H2,1-2H3;2*1H. The molecule has 3 aromatic rings. The van der Waals surface area contributed by atoms with Crippen LogP contribution in [0.4, 0.5) is 11.4 Å². The number of hydrogen-bond acceptors (Lipinski definition) is 2. The molecule has 2 aromatic heterocycles. The molecule has 0 unspecified atom stereocenters. The lowest BCUT2D eigenvalue weighted by Crippen LogP contribution is -3.00. The number of nitrogens with one attached hydrogen (secondary N) is 2. The summed E-state index contributed by atoms with van der Waals surface area (Å²) in [5.41, 5.74) is 2.53. The molecule has 2 N–H and O–H groups in total. The van der Waals surface area contributed by atoms with Crippen molar-refractivity contribution in [2.45, 2.75) is 104 Å². The first-order valence-electron chi connectivity index (χ1n) is 15.3. The zero-order valence-electron chi connectivity index (χ0n) is 25.3. The monoisotopic (exact) mass is 702 g/mol. The van der Waals surface area contributed by atoms with Gasteiger partial charge in [0.15, 0.2) is 24.8 Å². The van der Waals surface area contributed by atoms with Crippen molar-refractivity contribution in [2.24, 2.45) is 0 Å². The molecular formula is C34H48Br2N4O2. The third-order valence-corrected chi connectivity index (χ3v) is 7.25. The zero-order valence-corrected chi connectivity index (χ0v) is 28.5. The smallest absolute Gasteiger partial charge is 0.255 e. The number of aromatic nitrogens is 2. The Morgan fingerprint density at radius 3 is 1.14 bits per heavy atom. The Hall–Kier alpha value is -2.58. The number of carbonyl (C=O) groups excluding carboxylic acids is 2. The van der Waals surface area contributed by atoms with Gasteiger partial charge in [0.1, 0.15) is 13.1 Å². The van der Waals surface area contributed by atoms with Gasteiger partial charge in [-0.3, -0.25) is 9.59 Å². The van der Waals surface area contributed by atoms with Crippen molar-refractivity contribution in [3.63, 3.8) is 0 Å². The fourth-order valence-corrected chi connectivity index (χ4v) is 4.71. The molecular weight excluding hydrogens is 656 g/mol. The second kappa shape index (κ2) is 22.0. The Bertz CT molecular complexity index is 1060. The van der Waals surface area contributed by atoms with Gasteiger partial charge in [-0.25, -0.2) is 9.13 Å². The van der Waals surface area contributed by atoms with Gasteiger partial charge < -0.3 is 44.6 Å². The number of hydrogen-bond donors (Lipinski definition) is 2. The quantitative estimate of drug-likeness (QED) is 0.156. The minimum atomic E-state index is -0.196. The highest BCUT2D eigenvalue weighted by atomic mass is 79.9. The number of nitrogens with zero attached hydrogens (tertiary/aromatic N) is 2. The van der Waals surface area contributed by atoms with Crippen LogP contribution in [0.2, 0.25) is 0 Å². The lowest BCUT2D eigenvalue weighted by Gasteiger charge is -2.07. The summed E-state index contributed by atoms with van der Waals surface area (Å²) in [5, 5.41) is 5.88. The van der Waals surface area contributed by atoms with Gasteiger partial charge in [0.05, 0.1) is 11.4 Å². The van der Waals surface area contributed by atoms with E-state index in [-0.39, 0.29) is 45.8 Å². The predicted molar refractivity (Wildman–Crippen MR) is 162 cm³/mol. The fraction of sp³-hybridized carbons (Fsp3) is 0.471. The van der Waals surface area contributed by atoms with Gasteiger partial charge >= 0.3 is 0 Å². The molecule has 0 aliphatic rings. The van der Waals surface area contributed by atoms with E-state index in [1.165, 1.54) is 77.0 Å². The van der Waals surface area contributed by atoms with E-state index < -0.39 is 0 Å². The molecule has 0 spiro atoms. The van der Waals surface area contributed by atoms with E-state index in [0.717, 1.165) is 24.5 Å². The zero-order chi connectivity index (χ0) is 28.4. The summed E-state index contributed by atoms with van der Waals surface area (Å²) in [6.45, 7) is 6.46. The highest BCUT2D eigenvalue weighted by Crippen LogP contribution is 2.12. The highest BCUT2D eigenvalue weighted by molar-refractivity contribution is 6.07. The number of rotatable bonds is 18. The van der Waals surface area contributed by atoms with Crippen LogP contribution in [0, 0.1) is 0 Å². The van der Waals surface area contributed by atoms with Gasteiger partial charge in [0, 0.05) is 48.2 Å². The fourth-order valence-electron chi connectivity index (χ4n) is 4.71. The molecule has 0 radical (unpaired) electrons. The normalized spacial score (nSPS) is 10.3. The van der Waals surface area contributed by atoms with Crippen LogP contribution in [0.1, 0.15) is 112 Å². The van der Waals surface area contributed by atoms with Crippen LogP contribution >= 0.6 is 0 Å². The Kier molecular flexibility index (Phi) is 19.6. The summed E-state index contributed by atoms with van der Waals surface area (Å²) in [7, 11) is 0. The predicted octanol–water partition coefficient (Wildman–Crippen LogP) is 1.50. The number of carbonyl (C=O) groups is 2. The first-order chi connectivity index (χ1) is 19.6. The van der Waals surface area contributed by atoms with E-state index >= 15 is 0 Å². The van der Waals surface area contributed by atoms with Gasteiger partial charge in [-0.15, -0.1) is 0 Å². The Balaban J connectivity index is 0.00000441. The molecule has 1 aromatic carbocycles. The molecule has 2 heterocycles. The molecule has 3 rings (SSSR count). The van der Waals surface area contributed by atoms with Crippen LogP contribution in [-0.4, -0.2) is 11.8 Å². The summed E-state index contributed by atoms with van der Waals surface area (Å²) in [4.78, 5) is 25.4. The summed E-state index contributed by atoms with van der Waals surface area (Å²) >= 11 is 0. The molecule has 0 saturated heterocycles. The lowest BCUT2D eigenvalue weighted by atomic mass is 10.1. The SMILES string of the molecule is CCCCCCCC[n+]1ccc(NC(=O)c2ccc(C(=O)Nc3cc[n+](CCCCCCCC)cc3)cc2)cc1.[Br-].[Br-]. The van der Waals surface area contributed by atoms with E-state index in [4.69, 9.17) is 0 Å². The summed E-state index contributed by atoms with van der Waals surface area (Å²) in [6.07, 6.45) is 23.3. The molecule has 230 valence electrons. The van der Waals surface area contributed by atoms with Crippen molar-refractivity contribution < 1.29 is 52.7 Å². The number of pyridine rings is 2. The second-order valence-corrected chi connectivity index (χ2v) is 10.7. The molecule has 0 saturated carbocycles. The average molecular weight is 705 g/mol. The van der Waals surface area contributed by atoms with Gasteiger partial charge in [0.2, 0.25) is 0 Å². The Labute approximate surface area is 273 Å². The minimum Gasteiger partial charge on any atom is -1.00 e. The largest absolute Gasteiger partial charge is 1.00 e. The second-order valence-electron chi connectivity index (χ2n) is 10.7. The maximum atomic E-state index is 12.7. The van der Waals surface area contributed by atoms with Gasteiger partial charge in [-0.2, -0.15) is 0 Å². The van der Waals surface area contributed by atoms with Crippen LogP contribution in [-0.2, 0) is 13.1 Å². The average Bonchev–Trinajstić information content (AvgIpc) is 2.98. The van der Waals surface area contributed by atoms with Crippen LogP contribution < -0.4 is 53.7 Å². The Morgan fingerprint density at radius 1 is 0.500 bits per heavy atom. The molecule has 0 fully saturated rings. The molecule has 2 amide bonds.